The normalized spacial score (nSPS) is 11.3. The van der Waals surface area contributed by atoms with E-state index in [4.69, 9.17) is 5.73 Å². The molecule has 0 unspecified atom stereocenters. The van der Waals surface area contributed by atoms with E-state index in [9.17, 15) is 22.0 Å². The Labute approximate surface area is 104 Å². The van der Waals surface area contributed by atoms with Crippen LogP contribution in [0.3, 0.4) is 0 Å². The van der Waals surface area contributed by atoms with Crippen molar-refractivity contribution in [3.8, 4) is 5.69 Å². The van der Waals surface area contributed by atoms with Crippen molar-refractivity contribution in [3.05, 3.63) is 47.0 Å². The first-order chi connectivity index (χ1) is 8.95. The van der Waals surface area contributed by atoms with Gasteiger partial charge in [0, 0.05) is 24.2 Å². The molecule has 0 atom stereocenters. The molecule has 0 fully saturated rings. The van der Waals surface area contributed by atoms with Gasteiger partial charge in [-0.2, -0.15) is 5.10 Å². The van der Waals surface area contributed by atoms with Crippen molar-refractivity contribution in [2.45, 2.75) is 13.0 Å². The zero-order chi connectivity index (χ0) is 14.2. The molecule has 8 heteroatoms. The van der Waals surface area contributed by atoms with Crippen LogP contribution in [0, 0.1) is 17.5 Å². The van der Waals surface area contributed by atoms with Gasteiger partial charge in [0.05, 0.1) is 6.20 Å². The number of aromatic nitrogens is 2. The second-order valence-corrected chi connectivity index (χ2v) is 3.69. The van der Waals surface area contributed by atoms with Crippen molar-refractivity contribution in [3.63, 3.8) is 0 Å². The van der Waals surface area contributed by atoms with Gasteiger partial charge in [-0.15, -0.1) is 0 Å². The highest BCUT2D eigenvalue weighted by Crippen LogP contribution is 2.27. The topological polar surface area (TPSA) is 43.8 Å². The zero-order valence-electron chi connectivity index (χ0n) is 9.38. The van der Waals surface area contributed by atoms with Gasteiger partial charge in [-0.25, -0.2) is 26.6 Å². The SMILES string of the molecule is NCc1cnn(-c2cc(F)c(F)cc2F)c1C(F)F. The molecule has 19 heavy (non-hydrogen) atoms. The fourth-order valence-electron chi connectivity index (χ4n) is 1.65. The molecule has 0 aliphatic rings. The summed E-state index contributed by atoms with van der Waals surface area (Å²) in [5.41, 5.74) is 4.01. The number of alkyl halides is 2. The van der Waals surface area contributed by atoms with E-state index in [1.165, 1.54) is 0 Å². The highest BCUT2D eigenvalue weighted by Gasteiger charge is 2.23. The molecule has 3 nitrogen and oxygen atoms in total. The maximum Gasteiger partial charge on any atom is 0.280 e. The molecular weight excluding hydrogens is 269 g/mol. The minimum Gasteiger partial charge on any atom is -0.326 e. The van der Waals surface area contributed by atoms with Crippen molar-refractivity contribution in [1.82, 2.24) is 9.78 Å². The molecule has 0 spiro atoms. The maximum absolute atomic E-state index is 13.5. The molecule has 2 rings (SSSR count). The minimum absolute atomic E-state index is 0.000803. The summed E-state index contributed by atoms with van der Waals surface area (Å²) in [6.45, 7) is -0.231. The summed E-state index contributed by atoms with van der Waals surface area (Å²) in [6, 6.07) is 0.730. The van der Waals surface area contributed by atoms with E-state index in [0.29, 0.717) is 10.7 Å². The molecule has 0 saturated carbocycles. The first-order valence-electron chi connectivity index (χ1n) is 5.15. The molecule has 1 heterocycles. The second kappa shape index (κ2) is 4.96. The van der Waals surface area contributed by atoms with Gasteiger partial charge in [0.1, 0.15) is 11.4 Å². The van der Waals surface area contributed by atoms with E-state index in [2.05, 4.69) is 5.10 Å². The van der Waals surface area contributed by atoms with Crippen LogP contribution in [0.15, 0.2) is 18.3 Å². The molecule has 0 aliphatic carbocycles. The van der Waals surface area contributed by atoms with Crippen LogP contribution in [-0.4, -0.2) is 9.78 Å². The smallest absolute Gasteiger partial charge is 0.280 e. The van der Waals surface area contributed by atoms with Crippen molar-refractivity contribution >= 4 is 0 Å². The van der Waals surface area contributed by atoms with Gasteiger partial charge in [-0.05, 0) is 0 Å². The van der Waals surface area contributed by atoms with Gasteiger partial charge in [0.15, 0.2) is 17.5 Å². The van der Waals surface area contributed by atoms with Crippen LogP contribution in [0.4, 0.5) is 22.0 Å². The molecule has 1 aromatic carbocycles. The number of rotatable bonds is 3. The third-order valence-electron chi connectivity index (χ3n) is 2.53. The van der Waals surface area contributed by atoms with Crippen molar-refractivity contribution in [2.24, 2.45) is 5.73 Å². The summed E-state index contributed by atoms with van der Waals surface area (Å²) < 4.78 is 65.7. The number of halogens is 5. The van der Waals surface area contributed by atoms with Gasteiger partial charge in [0.25, 0.3) is 6.43 Å². The summed E-state index contributed by atoms with van der Waals surface area (Å²) in [4.78, 5) is 0. The Morgan fingerprint density at radius 2 is 1.74 bits per heavy atom. The standard InChI is InChI=1S/C11H8F5N3/c12-6-1-8(14)9(2-7(6)13)19-10(11(15)16)5(3-17)4-18-19/h1-2,4,11H,3,17H2. The Hall–Kier alpha value is -1.96. The van der Waals surface area contributed by atoms with E-state index in [-0.39, 0.29) is 18.2 Å². The quantitative estimate of drug-likeness (QED) is 0.692. The summed E-state index contributed by atoms with van der Waals surface area (Å²) in [5.74, 6) is -3.97. The van der Waals surface area contributed by atoms with E-state index >= 15 is 0 Å². The molecule has 2 aromatic rings. The van der Waals surface area contributed by atoms with Crippen LogP contribution in [0.25, 0.3) is 5.69 Å². The third-order valence-corrected chi connectivity index (χ3v) is 2.53. The molecule has 0 amide bonds. The zero-order valence-corrected chi connectivity index (χ0v) is 9.38. The summed E-state index contributed by atoms with van der Waals surface area (Å²) in [6.07, 6.45) is -1.95. The van der Waals surface area contributed by atoms with Crippen molar-refractivity contribution < 1.29 is 22.0 Å². The Balaban J connectivity index is 2.65. The fourth-order valence-corrected chi connectivity index (χ4v) is 1.65. The molecule has 0 radical (unpaired) electrons. The number of hydrogen-bond acceptors (Lipinski definition) is 2. The Morgan fingerprint density at radius 3 is 2.32 bits per heavy atom. The number of benzene rings is 1. The lowest BCUT2D eigenvalue weighted by molar-refractivity contribution is 0.141. The second-order valence-electron chi connectivity index (χ2n) is 3.69. The largest absolute Gasteiger partial charge is 0.326 e. The van der Waals surface area contributed by atoms with Gasteiger partial charge in [-0.3, -0.25) is 0 Å². The van der Waals surface area contributed by atoms with Gasteiger partial charge in [0.2, 0.25) is 0 Å². The highest BCUT2D eigenvalue weighted by atomic mass is 19.3. The molecule has 2 N–H and O–H groups in total. The van der Waals surface area contributed by atoms with Crippen LogP contribution in [0.5, 0.6) is 0 Å². The predicted molar refractivity (Wildman–Crippen MR) is 56.3 cm³/mol. The maximum atomic E-state index is 13.5. The Morgan fingerprint density at radius 1 is 1.11 bits per heavy atom. The van der Waals surface area contributed by atoms with Crippen LogP contribution in [0.1, 0.15) is 17.7 Å². The highest BCUT2D eigenvalue weighted by molar-refractivity contribution is 5.38. The first kappa shape index (κ1) is 13.5. The molecular formula is C11H8F5N3. The molecule has 0 bridgehead atoms. The van der Waals surface area contributed by atoms with Crippen LogP contribution in [-0.2, 0) is 6.54 Å². The van der Waals surface area contributed by atoms with Gasteiger partial charge < -0.3 is 5.73 Å². The third kappa shape index (κ3) is 2.30. The minimum atomic E-state index is -2.98. The first-order valence-corrected chi connectivity index (χ1v) is 5.15. The van der Waals surface area contributed by atoms with Crippen molar-refractivity contribution in [1.29, 1.82) is 0 Å². The summed E-state index contributed by atoms with van der Waals surface area (Å²) >= 11 is 0. The van der Waals surface area contributed by atoms with Gasteiger partial charge in [-0.1, -0.05) is 0 Å². The Kier molecular flexibility index (Phi) is 3.52. The molecule has 0 saturated heterocycles. The number of hydrogen-bond donors (Lipinski definition) is 1. The number of nitrogens with two attached hydrogens (primary N) is 1. The van der Waals surface area contributed by atoms with Crippen molar-refractivity contribution in [2.75, 3.05) is 0 Å². The monoisotopic (exact) mass is 277 g/mol. The average Bonchev–Trinajstić information content (AvgIpc) is 2.77. The lowest BCUT2D eigenvalue weighted by Crippen LogP contribution is -2.09. The summed E-state index contributed by atoms with van der Waals surface area (Å²) in [5, 5.41) is 3.54. The summed E-state index contributed by atoms with van der Waals surface area (Å²) in [7, 11) is 0. The lowest BCUT2D eigenvalue weighted by atomic mass is 10.2. The van der Waals surface area contributed by atoms with E-state index in [1.54, 1.807) is 0 Å². The van der Waals surface area contributed by atoms with Gasteiger partial charge >= 0.3 is 0 Å². The van der Waals surface area contributed by atoms with E-state index < -0.39 is 35.3 Å². The van der Waals surface area contributed by atoms with Crippen LogP contribution < -0.4 is 5.73 Å². The lowest BCUT2D eigenvalue weighted by Gasteiger charge is -2.09. The van der Waals surface area contributed by atoms with E-state index in [1.807, 2.05) is 0 Å². The molecule has 0 aliphatic heterocycles. The van der Waals surface area contributed by atoms with Crippen LogP contribution >= 0.6 is 0 Å². The molecule has 1 aromatic heterocycles. The molecule has 102 valence electrons. The van der Waals surface area contributed by atoms with Crippen LogP contribution in [0.2, 0.25) is 0 Å². The average molecular weight is 277 g/mol. The van der Waals surface area contributed by atoms with E-state index in [0.717, 1.165) is 6.20 Å². The number of nitrogens with zero attached hydrogens (tertiary/aromatic N) is 2. The predicted octanol–water partition coefficient (Wildman–Crippen LogP) is 2.69. The fraction of sp³-hybridized carbons (Fsp3) is 0.182. The Bertz CT molecular complexity index is 609.